The van der Waals surface area contributed by atoms with Crippen LogP contribution in [0.2, 0.25) is 0 Å². The molecule has 0 aromatic rings. The van der Waals surface area contributed by atoms with Crippen LogP contribution in [0.1, 0.15) is 27.2 Å². The Morgan fingerprint density at radius 1 is 1.69 bits per heavy atom. The first-order chi connectivity index (χ1) is 7.35. The Balaban J connectivity index is 2.72. The van der Waals surface area contributed by atoms with Gasteiger partial charge in [-0.25, -0.2) is 0 Å². The maximum absolute atomic E-state index is 11.2. The summed E-state index contributed by atoms with van der Waals surface area (Å²) in [6.07, 6.45) is 0.543. The Morgan fingerprint density at radius 3 is 2.75 bits per heavy atom. The summed E-state index contributed by atoms with van der Waals surface area (Å²) < 4.78 is 5.75. The van der Waals surface area contributed by atoms with E-state index in [1.807, 2.05) is 25.7 Å². The largest absolute Gasteiger partial charge is 0.480 e. The van der Waals surface area contributed by atoms with Gasteiger partial charge in [0.05, 0.1) is 11.7 Å². The second-order valence-corrected chi connectivity index (χ2v) is 5.05. The van der Waals surface area contributed by atoms with Crippen LogP contribution in [0.3, 0.4) is 0 Å². The van der Waals surface area contributed by atoms with Crippen molar-refractivity contribution in [1.29, 1.82) is 0 Å². The van der Waals surface area contributed by atoms with Gasteiger partial charge < -0.3 is 15.6 Å². The van der Waals surface area contributed by atoms with E-state index >= 15 is 0 Å². The van der Waals surface area contributed by atoms with Gasteiger partial charge in [0.1, 0.15) is 6.04 Å². The lowest BCUT2D eigenvalue weighted by molar-refractivity contribution is -0.160. The molecule has 0 bridgehead atoms. The van der Waals surface area contributed by atoms with Crippen LogP contribution in [0, 0.1) is 0 Å². The van der Waals surface area contributed by atoms with E-state index in [4.69, 9.17) is 10.5 Å². The van der Waals surface area contributed by atoms with E-state index in [0.29, 0.717) is 26.1 Å². The van der Waals surface area contributed by atoms with Crippen molar-refractivity contribution in [2.24, 2.45) is 5.73 Å². The summed E-state index contributed by atoms with van der Waals surface area (Å²) in [5, 5.41) is 9.18. The molecule has 0 saturated carbocycles. The topological polar surface area (TPSA) is 75.8 Å². The Labute approximate surface area is 96.6 Å². The highest BCUT2D eigenvalue weighted by Crippen LogP contribution is 2.23. The van der Waals surface area contributed by atoms with Crippen molar-refractivity contribution in [2.75, 3.05) is 19.6 Å². The first-order valence-corrected chi connectivity index (χ1v) is 5.70. The van der Waals surface area contributed by atoms with E-state index in [1.54, 1.807) is 0 Å². The molecule has 1 fully saturated rings. The van der Waals surface area contributed by atoms with Crippen LogP contribution in [-0.2, 0) is 9.53 Å². The third-order valence-corrected chi connectivity index (χ3v) is 2.76. The van der Waals surface area contributed by atoms with Gasteiger partial charge in [-0.2, -0.15) is 0 Å². The lowest BCUT2D eigenvalue weighted by atomic mass is 10.0. The second-order valence-electron chi connectivity index (χ2n) is 5.05. The van der Waals surface area contributed by atoms with Gasteiger partial charge >= 0.3 is 5.97 Å². The lowest BCUT2D eigenvalue weighted by Crippen LogP contribution is -2.57. The molecule has 1 rings (SSSR count). The van der Waals surface area contributed by atoms with Crippen LogP contribution >= 0.6 is 0 Å². The van der Waals surface area contributed by atoms with Crippen LogP contribution in [0.4, 0.5) is 0 Å². The molecule has 5 nitrogen and oxygen atoms in total. The van der Waals surface area contributed by atoms with E-state index in [9.17, 15) is 9.90 Å². The normalized spacial score (nSPS) is 27.6. The Morgan fingerprint density at radius 2 is 2.31 bits per heavy atom. The molecule has 2 unspecified atom stereocenters. The minimum Gasteiger partial charge on any atom is -0.480 e. The summed E-state index contributed by atoms with van der Waals surface area (Å²) >= 11 is 0. The van der Waals surface area contributed by atoms with E-state index in [1.165, 1.54) is 0 Å². The van der Waals surface area contributed by atoms with Crippen molar-refractivity contribution in [3.05, 3.63) is 0 Å². The summed E-state index contributed by atoms with van der Waals surface area (Å²) in [4.78, 5) is 13.1. The predicted molar refractivity (Wildman–Crippen MR) is 61.3 cm³/mol. The molecule has 1 heterocycles. The molecule has 2 atom stereocenters. The molecule has 1 aliphatic rings. The molecule has 5 heteroatoms. The van der Waals surface area contributed by atoms with Gasteiger partial charge in [0.2, 0.25) is 0 Å². The van der Waals surface area contributed by atoms with E-state index in [2.05, 4.69) is 0 Å². The number of hydrogen-bond donors (Lipinski definition) is 2. The van der Waals surface area contributed by atoms with Crippen molar-refractivity contribution in [2.45, 2.75) is 44.9 Å². The first kappa shape index (κ1) is 13.4. The number of hydrogen-bond acceptors (Lipinski definition) is 4. The number of nitrogens with zero attached hydrogens (tertiary/aromatic N) is 1. The van der Waals surface area contributed by atoms with Gasteiger partial charge in [-0.15, -0.1) is 0 Å². The zero-order valence-electron chi connectivity index (χ0n) is 10.3. The number of carbonyl (C=O) groups is 1. The van der Waals surface area contributed by atoms with E-state index in [0.717, 1.165) is 0 Å². The minimum absolute atomic E-state index is 0.0587. The zero-order chi connectivity index (χ0) is 12.3. The van der Waals surface area contributed by atoms with Crippen molar-refractivity contribution in [3.63, 3.8) is 0 Å². The third-order valence-electron chi connectivity index (χ3n) is 2.76. The maximum atomic E-state index is 11.2. The van der Waals surface area contributed by atoms with Gasteiger partial charge in [-0.05, 0) is 33.7 Å². The Hall–Kier alpha value is -0.650. The molecule has 94 valence electrons. The highest BCUT2D eigenvalue weighted by atomic mass is 16.5. The van der Waals surface area contributed by atoms with Crippen molar-refractivity contribution in [3.8, 4) is 0 Å². The molecule has 0 aliphatic carbocycles. The average molecular weight is 230 g/mol. The molecule has 1 aliphatic heterocycles. The fourth-order valence-corrected chi connectivity index (χ4v) is 2.36. The number of carboxylic acid groups (broad SMARTS) is 1. The summed E-state index contributed by atoms with van der Waals surface area (Å²) in [5.41, 5.74) is 5.16. The van der Waals surface area contributed by atoms with Crippen molar-refractivity contribution in [1.82, 2.24) is 4.90 Å². The molecule has 0 aromatic carbocycles. The Bertz CT molecular complexity index is 256. The zero-order valence-corrected chi connectivity index (χ0v) is 10.3. The Kier molecular flexibility index (Phi) is 4.29. The number of aliphatic carboxylic acids is 1. The van der Waals surface area contributed by atoms with Crippen molar-refractivity contribution >= 4 is 5.97 Å². The van der Waals surface area contributed by atoms with E-state index in [-0.39, 0.29) is 11.7 Å². The molecular formula is C11H22N2O3. The van der Waals surface area contributed by atoms with Crippen LogP contribution < -0.4 is 5.73 Å². The summed E-state index contributed by atoms with van der Waals surface area (Å²) in [6.45, 7) is 7.61. The SMILES string of the molecule is CC1CN(C(CCN)C(=O)O)CC(C)(C)O1. The third kappa shape index (κ3) is 3.43. The maximum Gasteiger partial charge on any atom is 0.320 e. The molecule has 1 saturated heterocycles. The summed E-state index contributed by atoms with van der Waals surface area (Å²) in [7, 11) is 0. The van der Waals surface area contributed by atoms with Crippen LogP contribution in [-0.4, -0.2) is 53.4 Å². The summed E-state index contributed by atoms with van der Waals surface area (Å²) in [6, 6.07) is -0.490. The van der Waals surface area contributed by atoms with Gasteiger partial charge in [0.25, 0.3) is 0 Å². The average Bonchev–Trinajstić information content (AvgIpc) is 2.09. The molecular weight excluding hydrogens is 208 g/mol. The highest BCUT2D eigenvalue weighted by Gasteiger charge is 2.36. The van der Waals surface area contributed by atoms with Crippen molar-refractivity contribution < 1.29 is 14.6 Å². The molecule has 0 aromatic heterocycles. The van der Waals surface area contributed by atoms with Gasteiger partial charge in [-0.1, -0.05) is 0 Å². The molecule has 16 heavy (non-hydrogen) atoms. The smallest absolute Gasteiger partial charge is 0.320 e. The number of ether oxygens (including phenoxy) is 1. The highest BCUT2D eigenvalue weighted by molar-refractivity contribution is 5.73. The van der Waals surface area contributed by atoms with Crippen LogP contribution in [0.25, 0.3) is 0 Å². The molecule has 0 spiro atoms. The van der Waals surface area contributed by atoms with E-state index < -0.39 is 12.0 Å². The molecule has 0 radical (unpaired) electrons. The lowest BCUT2D eigenvalue weighted by Gasteiger charge is -2.43. The number of carboxylic acids is 1. The fraction of sp³-hybridized carbons (Fsp3) is 0.909. The van der Waals surface area contributed by atoms with Gasteiger partial charge in [0, 0.05) is 13.1 Å². The second kappa shape index (κ2) is 5.12. The predicted octanol–water partition coefficient (Wildman–Crippen LogP) is 0.288. The first-order valence-electron chi connectivity index (χ1n) is 5.70. The van der Waals surface area contributed by atoms with Gasteiger partial charge in [0.15, 0.2) is 0 Å². The number of morpholine rings is 1. The number of rotatable bonds is 4. The number of nitrogens with two attached hydrogens (primary N) is 1. The molecule has 3 N–H and O–H groups in total. The van der Waals surface area contributed by atoms with Gasteiger partial charge in [-0.3, -0.25) is 9.69 Å². The molecule has 0 amide bonds. The quantitative estimate of drug-likeness (QED) is 0.726. The van der Waals surface area contributed by atoms with Crippen LogP contribution in [0.15, 0.2) is 0 Å². The standard InChI is InChI=1S/C11H22N2O3/c1-8-6-13(7-11(2,3)16-8)9(4-5-12)10(14)15/h8-9H,4-7,12H2,1-3H3,(H,14,15). The fourth-order valence-electron chi connectivity index (χ4n) is 2.36. The minimum atomic E-state index is -0.796. The summed E-state index contributed by atoms with van der Waals surface area (Å²) in [5.74, 6) is -0.796. The van der Waals surface area contributed by atoms with Crippen LogP contribution in [0.5, 0.6) is 0 Å². The monoisotopic (exact) mass is 230 g/mol.